The third kappa shape index (κ3) is 4.82. The second-order valence-electron chi connectivity index (χ2n) is 5.87. The fraction of sp³-hybridized carbons (Fsp3) is 0.353. The van der Waals surface area contributed by atoms with Crippen LogP contribution in [0.3, 0.4) is 0 Å². The number of benzene rings is 1. The summed E-state index contributed by atoms with van der Waals surface area (Å²) in [4.78, 5) is 28.8. The van der Waals surface area contributed by atoms with Crippen molar-refractivity contribution in [2.24, 2.45) is 5.92 Å². The minimum absolute atomic E-state index is 0.219. The smallest absolute Gasteiger partial charge is 0.257 e. The van der Waals surface area contributed by atoms with Crippen molar-refractivity contribution in [2.45, 2.75) is 33.4 Å². The van der Waals surface area contributed by atoms with Crippen LogP contribution in [0.25, 0.3) is 0 Å². The average molecular weight is 367 g/mol. The molecule has 5 nitrogen and oxygen atoms in total. The standard InChI is InChI=1S/C17H19F2N3O2S/c1-9(2)15(17(24)20-7-11-8-25-10(3)21-11)22-16(23)14-12(18)5-4-6-13(14)19/h4-6,8-9,15H,7H2,1-3H3,(H,20,24)(H,22,23)/t15-/m1/s1. The first kappa shape index (κ1) is 19.0. The van der Waals surface area contributed by atoms with Gasteiger partial charge in [0.15, 0.2) is 0 Å². The highest BCUT2D eigenvalue weighted by Gasteiger charge is 2.27. The summed E-state index contributed by atoms with van der Waals surface area (Å²) in [5.41, 5.74) is 0.0147. The van der Waals surface area contributed by atoms with E-state index in [1.165, 1.54) is 17.4 Å². The van der Waals surface area contributed by atoms with Gasteiger partial charge in [-0.1, -0.05) is 19.9 Å². The fourth-order valence-electron chi connectivity index (χ4n) is 2.24. The van der Waals surface area contributed by atoms with Gasteiger partial charge in [-0.25, -0.2) is 13.8 Å². The highest BCUT2D eigenvalue weighted by atomic mass is 32.1. The number of thiazole rings is 1. The first-order valence-electron chi connectivity index (χ1n) is 7.73. The van der Waals surface area contributed by atoms with Crippen molar-refractivity contribution in [3.8, 4) is 0 Å². The highest BCUT2D eigenvalue weighted by Crippen LogP contribution is 2.13. The zero-order valence-electron chi connectivity index (χ0n) is 14.1. The maximum absolute atomic E-state index is 13.7. The lowest BCUT2D eigenvalue weighted by Crippen LogP contribution is -2.49. The second kappa shape index (κ2) is 8.15. The normalized spacial score (nSPS) is 12.1. The van der Waals surface area contributed by atoms with E-state index in [1.807, 2.05) is 12.3 Å². The van der Waals surface area contributed by atoms with E-state index in [0.717, 1.165) is 17.1 Å². The van der Waals surface area contributed by atoms with Crippen molar-refractivity contribution in [3.63, 3.8) is 0 Å². The Morgan fingerprint density at radius 1 is 1.24 bits per heavy atom. The van der Waals surface area contributed by atoms with Gasteiger partial charge in [0.05, 0.1) is 17.2 Å². The molecule has 1 heterocycles. The van der Waals surface area contributed by atoms with Crippen LogP contribution in [0.2, 0.25) is 0 Å². The van der Waals surface area contributed by atoms with Crippen LogP contribution in [0.15, 0.2) is 23.6 Å². The van der Waals surface area contributed by atoms with Crippen LogP contribution in [0.1, 0.15) is 34.9 Å². The fourth-order valence-corrected chi connectivity index (χ4v) is 2.85. The van der Waals surface area contributed by atoms with Gasteiger partial charge < -0.3 is 10.6 Å². The monoisotopic (exact) mass is 367 g/mol. The van der Waals surface area contributed by atoms with Gasteiger partial charge in [-0.05, 0) is 25.0 Å². The van der Waals surface area contributed by atoms with E-state index in [-0.39, 0.29) is 12.5 Å². The molecule has 2 N–H and O–H groups in total. The van der Waals surface area contributed by atoms with Gasteiger partial charge in [-0.3, -0.25) is 9.59 Å². The lowest BCUT2D eigenvalue weighted by molar-refractivity contribution is -0.124. The number of carbonyl (C=O) groups excluding carboxylic acids is 2. The lowest BCUT2D eigenvalue weighted by atomic mass is 10.0. The Balaban J connectivity index is 2.07. The molecule has 134 valence electrons. The molecule has 0 radical (unpaired) electrons. The quantitative estimate of drug-likeness (QED) is 0.825. The molecule has 1 aromatic carbocycles. The summed E-state index contributed by atoms with van der Waals surface area (Å²) < 4.78 is 27.4. The van der Waals surface area contributed by atoms with Crippen molar-refractivity contribution in [1.82, 2.24) is 15.6 Å². The van der Waals surface area contributed by atoms with Crippen LogP contribution in [-0.4, -0.2) is 22.8 Å². The largest absolute Gasteiger partial charge is 0.349 e. The number of aryl methyl sites for hydroxylation is 1. The maximum atomic E-state index is 13.7. The molecule has 0 aliphatic heterocycles. The topological polar surface area (TPSA) is 71.1 Å². The molecule has 1 aromatic heterocycles. The lowest BCUT2D eigenvalue weighted by Gasteiger charge is -2.21. The van der Waals surface area contributed by atoms with Gasteiger partial charge in [0.1, 0.15) is 23.2 Å². The van der Waals surface area contributed by atoms with Gasteiger partial charge in [-0.15, -0.1) is 11.3 Å². The molecule has 0 bridgehead atoms. The van der Waals surface area contributed by atoms with Crippen LogP contribution >= 0.6 is 11.3 Å². The molecular formula is C17H19F2N3O2S. The van der Waals surface area contributed by atoms with Crippen molar-refractivity contribution in [3.05, 3.63) is 51.5 Å². The molecule has 25 heavy (non-hydrogen) atoms. The maximum Gasteiger partial charge on any atom is 0.257 e. The molecule has 2 rings (SSSR count). The molecule has 0 saturated heterocycles. The molecule has 0 spiro atoms. The number of hydrogen-bond donors (Lipinski definition) is 2. The highest BCUT2D eigenvalue weighted by molar-refractivity contribution is 7.09. The number of nitrogens with one attached hydrogen (secondary N) is 2. The van der Waals surface area contributed by atoms with Crippen LogP contribution in [0.4, 0.5) is 8.78 Å². The summed E-state index contributed by atoms with van der Waals surface area (Å²) >= 11 is 1.47. The molecule has 0 unspecified atom stereocenters. The van der Waals surface area contributed by atoms with Crippen LogP contribution in [-0.2, 0) is 11.3 Å². The second-order valence-corrected chi connectivity index (χ2v) is 6.93. The Bertz CT molecular complexity index is 757. The Kier molecular flexibility index (Phi) is 6.19. The zero-order valence-corrected chi connectivity index (χ0v) is 14.9. The van der Waals surface area contributed by atoms with Gasteiger partial charge in [0.25, 0.3) is 5.91 Å². The van der Waals surface area contributed by atoms with E-state index in [4.69, 9.17) is 0 Å². The summed E-state index contributed by atoms with van der Waals surface area (Å²) in [6.07, 6.45) is 0. The molecular weight excluding hydrogens is 348 g/mol. The number of nitrogens with zero attached hydrogens (tertiary/aromatic N) is 1. The van der Waals surface area contributed by atoms with Crippen molar-refractivity contribution in [2.75, 3.05) is 0 Å². The number of rotatable bonds is 6. The van der Waals surface area contributed by atoms with Crippen LogP contribution in [0.5, 0.6) is 0 Å². The molecule has 0 saturated carbocycles. The average Bonchev–Trinajstić information content (AvgIpc) is 2.95. The molecule has 0 aliphatic rings. The minimum Gasteiger partial charge on any atom is -0.349 e. The number of carbonyl (C=O) groups is 2. The first-order chi connectivity index (χ1) is 11.8. The summed E-state index contributed by atoms with van der Waals surface area (Å²) in [6.45, 7) is 5.54. The van der Waals surface area contributed by atoms with E-state index < -0.39 is 35.1 Å². The van der Waals surface area contributed by atoms with Gasteiger partial charge >= 0.3 is 0 Å². The van der Waals surface area contributed by atoms with Gasteiger partial charge in [-0.2, -0.15) is 0 Å². The predicted octanol–water partition coefficient (Wildman–Crippen LogP) is 2.80. The molecule has 8 heteroatoms. The molecule has 0 fully saturated rings. The van der Waals surface area contributed by atoms with E-state index in [2.05, 4.69) is 15.6 Å². The molecule has 1 atom stereocenters. The SMILES string of the molecule is Cc1nc(CNC(=O)[C@H](NC(=O)c2c(F)cccc2F)C(C)C)cs1. The summed E-state index contributed by atoms with van der Waals surface area (Å²) in [5, 5.41) is 7.80. The van der Waals surface area contributed by atoms with Crippen molar-refractivity contribution >= 4 is 23.2 Å². The predicted molar refractivity (Wildman–Crippen MR) is 91.1 cm³/mol. The van der Waals surface area contributed by atoms with Gasteiger partial charge in [0, 0.05) is 5.38 Å². The van der Waals surface area contributed by atoms with Crippen molar-refractivity contribution in [1.29, 1.82) is 0 Å². The number of halogens is 2. The van der Waals surface area contributed by atoms with Crippen LogP contribution < -0.4 is 10.6 Å². The zero-order chi connectivity index (χ0) is 18.6. The number of amides is 2. The Morgan fingerprint density at radius 2 is 1.88 bits per heavy atom. The van der Waals surface area contributed by atoms with E-state index in [9.17, 15) is 18.4 Å². The number of hydrogen-bond acceptors (Lipinski definition) is 4. The van der Waals surface area contributed by atoms with Gasteiger partial charge in [0.2, 0.25) is 5.91 Å². The summed E-state index contributed by atoms with van der Waals surface area (Å²) in [7, 11) is 0. The third-order valence-corrected chi connectivity index (χ3v) is 4.36. The number of aromatic nitrogens is 1. The van der Waals surface area contributed by atoms with Crippen molar-refractivity contribution < 1.29 is 18.4 Å². The van der Waals surface area contributed by atoms with E-state index >= 15 is 0 Å². The third-order valence-electron chi connectivity index (χ3n) is 3.54. The molecule has 2 aromatic rings. The molecule has 2 amide bonds. The van der Waals surface area contributed by atoms with E-state index in [0.29, 0.717) is 5.69 Å². The first-order valence-corrected chi connectivity index (χ1v) is 8.61. The Labute approximate surface area is 148 Å². The molecule has 0 aliphatic carbocycles. The summed E-state index contributed by atoms with van der Waals surface area (Å²) in [5.74, 6) is -3.62. The summed E-state index contributed by atoms with van der Waals surface area (Å²) in [6, 6.07) is 2.23. The van der Waals surface area contributed by atoms with E-state index in [1.54, 1.807) is 13.8 Å². The Hall–Kier alpha value is -2.35. The van der Waals surface area contributed by atoms with Crippen LogP contribution in [0, 0.1) is 24.5 Å². The Morgan fingerprint density at radius 3 is 2.40 bits per heavy atom. The minimum atomic E-state index is -0.974.